The fourth-order valence-corrected chi connectivity index (χ4v) is 4.83. The molecule has 1 aliphatic carbocycles. The van der Waals surface area contributed by atoms with Crippen LogP contribution in [-0.2, 0) is 6.54 Å². The molecule has 1 saturated carbocycles. The Balaban J connectivity index is 1.55. The number of hydrogen-bond donors (Lipinski definition) is 2. The summed E-state index contributed by atoms with van der Waals surface area (Å²) in [5.41, 5.74) is 9.61. The lowest BCUT2D eigenvalue weighted by Gasteiger charge is -2.30. The highest BCUT2D eigenvalue weighted by Crippen LogP contribution is 2.30. The molecule has 0 bridgehead atoms. The van der Waals surface area contributed by atoms with Crippen LogP contribution >= 0.6 is 0 Å². The lowest BCUT2D eigenvalue weighted by atomic mass is 9.81. The van der Waals surface area contributed by atoms with E-state index in [0.29, 0.717) is 11.8 Å². The average molecular weight is 433 g/mol. The van der Waals surface area contributed by atoms with E-state index in [1.807, 2.05) is 4.68 Å². The van der Waals surface area contributed by atoms with Crippen LogP contribution in [0.1, 0.15) is 62.9 Å². The molecule has 3 atom stereocenters. The Bertz CT molecular complexity index is 936. The molecule has 1 aromatic heterocycles. The van der Waals surface area contributed by atoms with Crippen LogP contribution in [0, 0.1) is 11.8 Å². The molecule has 32 heavy (non-hydrogen) atoms. The Morgan fingerprint density at radius 2 is 1.78 bits per heavy atom. The van der Waals surface area contributed by atoms with E-state index in [1.54, 1.807) is 0 Å². The van der Waals surface area contributed by atoms with Crippen molar-refractivity contribution in [2.45, 2.75) is 58.0 Å². The van der Waals surface area contributed by atoms with Crippen LogP contribution in [0.5, 0.6) is 0 Å². The van der Waals surface area contributed by atoms with E-state index >= 15 is 0 Å². The first-order valence-electron chi connectivity index (χ1n) is 12.1. The van der Waals surface area contributed by atoms with Gasteiger partial charge in [-0.15, -0.1) is 5.10 Å². The number of rotatable bonds is 10. The first kappa shape index (κ1) is 22.6. The van der Waals surface area contributed by atoms with Gasteiger partial charge in [-0.2, -0.15) is 0 Å². The van der Waals surface area contributed by atoms with Gasteiger partial charge in [0.15, 0.2) is 5.82 Å². The quantitative estimate of drug-likeness (QED) is 0.490. The Kier molecular flexibility index (Phi) is 8.02. The van der Waals surface area contributed by atoms with Crippen LogP contribution < -0.4 is 11.1 Å². The van der Waals surface area contributed by atoms with Crippen LogP contribution in [0.25, 0.3) is 11.1 Å². The zero-order valence-electron chi connectivity index (χ0n) is 19.2. The van der Waals surface area contributed by atoms with Gasteiger partial charge in [0.2, 0.25) is 0 Å². The third-order valence-corrected chi connectivity index (χ3v) is 6.73. The van der Waals surface area contributed by atoms with Crippen molar-refractivity contribution >= 4 is 0 Å². The lowest BCUT2D eigenvalue weighted by Crippen LogP contribution is -2.33. The molecule has 6 heteroatoms. The second-order valence-electron chi connectivity index (χ2n) is 9.08. The molecular formula is C26H36N6. The summed E-state index contributed by atoms with van der Waals surface area (Å²) >= 11 is 0. The summed E-state index contributed by atoms with van der Waals surface area (Å²) < 4.78 is 1.97. The molecule has 3 unspecified atom stereocenters. The van der Waals surface area contributed by atoms with Gasteiger partial charge in [-0.1, -0.05) is 74.4 Å². The fraction of sp³-hybridized carbons (Fsp3) is 0.500. The molecule has 170 valence electrons. The maximum Gasteiger partial charge on any atom is 0.172 e. The summed E-state index contributed by atoms with van der Waals surface area (Å²) in [7, 11) is 0. The smallest absolute Gasteiger partial charge is 0.172 e. The van der Waals surface area contributed by atoms with Crippen LogP contribution in [0.15, 0.2) is 54.6 Å². The van der Waals surface area contributed by atoms with Gasteiger partial charge in [0.25, 0.3) is 0 Å². The van der Waals surface area contributed by atoms with Gasteiger partial charge in [-0.05, 0) is 77.7 Å². The molecule has 3 N–H and O–H groups in total. The average Bonchev–Trinajstić information content (AvgIpc) is 3.32. The number of unbranched alkanes of at least 4 members (excludes halogenated alkanes) is 1. The van der Waals surface area contributed by atoms with Gasteiger partial charge in [0.1, 0.15) is 0 Å². The molecule has 0 radical (unpaired) electrons. The highest BCUT2D eigenvalue weighted by Gasteiger charge is 2.25. The van der Waals surface area contributed by atoms with Gasteiger partial charge < -0.3 is 11.1 Å². The van der Waals surface area contributed by atoms with Crippen LogP contribution in [-0.4, -0.2) is 33.3 Å². The summed E-state index contributed by atoms with van der Waals surface area (Å²) in [5.74, 6) is 2.22. The SMILES string of the molecule is CCCCn1nnnc1C(NCC1CCCC(CN)C1)c1ccc(-c2ccccc2)cc1. The number of aryl methyl sites for hydroxylation is 1. The van der Waals surface area contributed by atoms with E-state index in [9.17, 15) is 0 Å². The maximum atomic E-state index is 5.97. The minimum atomic E-state index is -0.0232. The van der Waals surface area contributed by atoms with Gasteiger partial charge in [-0.25, -0.2) is 4.68 Å². The number of tetrazole rings is 1. The molecule has 0 amide bonds. The highest BCUT2D eigenvalue weighted by atomic mass is 15.5. The van der Waals surface area contributed by atoms with Crippen LogP contribution in [0.3, 0.4) is 0 Å². The van der Waals surface area contributed by atoms with Gasteiger partial charge in [-0.3, -0.25) is 0 Å². The molecule has 1 heterocycles. The number of aromatic nitrogens is 4. The lowest BCUT2D eigenvalue weighted by molar-refractivity contribution is 0.259. The van der Waals surface area contributed by atoms with E-state index in [-0.39, 0.29) is 6.04 Å². The topological polar surface area (TPSA) is 81.7 Å². The number of nitrogens with two attached hydrogens (primary N) is 1. The third-order valence-electron chi connectivity index (χ3n) is 6.73. The monoisotopic (exact) mass is 432 g/mol. The van der Waals surface area contributed by atoms with Crippen molar-refractivity contribution in [1.29, 1.82) is 0 Å². The van der Waals surface area contributed by atoms with Gasteiger partial charge in [0.05, 0.1) is 6.04 Å². The maximum absolute atomic E-state index is 5.97. The molecule has 2 aromatic carbocycles. The van der Waals surface area contributed by atoms with Crippen molar-refractivity contribution in [2.24, 2.45) is 17.6 Å². The van der Waals surface area contributed by atoms with E-state index in [4.69, 9.17) is 5.73 Å². The van der Waals surface area contributed by atoms with Gasteiger partial charge in [0, 0.05) is 6.54 Å². The Morgan fingerprint density at radius 1 is 1.03 bits per heavy atom. The first-order valence-corrected chi connectivity index (χ1v) is 12.1. The number of nitrogens with one attached hydrogen (secondary N) is 1. The van der Waals surface area contributed by atoms with E-state index in [2.05, 4.69) is 82.4 Å². The Morgan fingerprint density at radius 3 is 2.53 bits per heavy atom. The van der Waals surface area contributed by atoms with Crippen molar-refractivity contribution in [1.82, 2.24) is 25.5 Å². The Labute approximate surface area is 191 Å². The summed E-state index contributed by atoms with van der Waals surface area (Å²) in [5, 5.41) is 16.6. The molecule has 1 fully saturated rings. The molecule has 4 rings (SSSR count). The minimum absolute atomic E-state index is 0.0232. The highest BCUT2D eigenvalue weighted by molar-refractivity contribution is 5.63. The summed E-state index contributed by atoms with van der Waals surface area (Å²) in [6.07, 6.45) is 7.21. The second-order valence-corrected chi connectivity index (χ2v) is 9.08. The van der Waals surface area contributed by atoms with E-state index in [0.717, 1.165) is 38.3 Å². The number of benzene rings is 2. The third kappa shape index (κ3) is 5.61. The van der Waals surface area contributed by atoms with Crippen molar-refractivity contribution in [2.75, 3.05) is 13.1 Å². The standard InChI is InChI=1S/C26H36N6/c1-2-3-16-32-26(29-30-31-32)25(28-19-21-9-7-8-20(17-21)18-27)24-14-12-23(13-15-24)22-10-5-4-6-11-22/h4-6,10-15,20-21,25,28H,2-3,7-9,16-19,27H2,1H3. The van der Waals surface area contributed by atoms with Crippen LogP contribution in [0.4, 0.5) is 0 Å². The summed E-state index contributed by atoms with van der Waals surface area (Å²) in [6.45, 7) is 4.80. The molecule has 0 aliphatic heterocycles. The van der Waals surface area contributed by atoms with Crippen molar-refractivity contribution in [3.05, 3.63) is 66.0 Å². The predicted octanol–water partition coefficient (Wildman–Crippen LogP) is 4.58. The van der Waals surface area contributed by atoms with Crippen molar-refractivity contribution in [3.63, 3.8) is 0 Å². The summed E-state index contributed by atoms with van der Waals surface area (Å²) in [4.78, 5) is 0. The normalized spacial score (nSPS) is 19.7. The fourth-order valence-electron chi connectivity index (χ4n) is 4.83. The van der Waals surface area contributed by atoms with Crippen molar-refractivity contribution < 1.29 is 0 Å². The molecule has 0 spiro atoms. The molecular weight excluding hydrogens is 396 g/mol. The summed E-state index contributed by atoms with van der Waals surface area (Å²) in [6, 6.07) is 19.3. The van der Waals surface area contributed by atoms with Crippen LogP contribution in [0.2, 0.25) is 0 Å². The molecule has 3 aromatic rings. The van der Waals surface area contributed by atoms with E-state index < -0.39 is 0 Å². The zero-order valence-corrected chi connectivity index (χ0v) is 19.2. The first-order chi connectivity index (χ1) is 15.8. The molecule has 0 saturated heterocycles. The predicted molar refractivity (Wildman–Crippen MR) is 129 cm³/mol. The molecule has 6 nitrogen and oxygen atoms in total. The Hall–Kier alpha value is -2.57. The second kappa shape index (κ2) is 11.3. The zero-order chi connectivity index (χ0) is 22.2. The molecule has 1 aliphatic rings. The minimum Gasteiger partial charge on any atom is -0.330 e. The van der Waals surface area contributed by atoms with Crippen molar-refractivity contribution in [3.8, 4) is 11.1 Å². The van der Waals surface area contributed by atoms with Gasteiger partial charge >= 0.3 is 0 Å². The number of nitrogens with zero attached hydrogens (tertiary/aromatic N) is 4. The number of hydrogen-bond acceptors (Lipinski definition) is 5. The van der Waals surface area contributed by atoms with E-state index in [1.165, 1.54) is 42.4 Å². The largest absolute Gasteiger partial charge is 0.330 e.